The van der Waals surface area contributed by atoms with Gasteiger partial charge in [-0.25, -0.2) is 18.5 Å². The standard InChI is InChI=1S/C23H26N2O4S/c1-16-25-22(18-10-6-3-7-11-18)23(29-16)19-12-13-21(30(24,26)27)20(14-19)28-15-17-8-4-2-5-9-17/h2,4-5,8-9,12-14,18H,3,6-7,10-11,15H2,1H3,(H2,24,26,27). The molecule has 0 unspecified atom stereocenters. The van der Waals surface area contributed by atoms with E-state index in [1.54, 1.807) is 12.1 Å². The molecule has 1 aromatic heterocycles. The van der Waals surface area contributed by atoms with Crippen molar-refractivity contribution in [3.8, 4) is 17.1 Å². The Morgan fingerprint density at radius 3 is 2.53 bits per heavy atom. The first-order valence-electron chi connectivity index (χ1n) is 10.2. The third-order valence-corrected chi connectivity index (χ3v) is 6.45. The van der Waals surface area contributed by atoms with Crippen molar-refractivity contribution in [2.75, 3.05) is 0 Å². The lowest BCUT2D eigenvalue weighted by molar-refractivity contribution is 0.298. The van der Waals surface area contributed by atoms with Crippen molar-refractivity contribution in [2.45, 2.75) is 56.4 Å². The summed E-state index contributed by atoms with van der Waals surface area (Å²) in [6.45, 7) is 2.07. The highest BCUT2D eigenvalue weighted by atomic mass is 32.2. The van der Waals surface area contributed by atoms with Crippen LogP contribution < -0.4 is 9.88 Å². The van der Waals surface area contributed by atoms with E-state index in [2.05, 4.69) is 4.98 Å². The number of hydrogen-bond acceptors (Lipinski definition) is 5. The molecular formula is C23H26N2O4S. The Hall–Kier alpha value is -2.64. The van der Waals surface area contributed by atoms with Crippen molar-refractivity contribution >= 4 is 10.0 Å². The zero-order valence-electron chi connectivity index (χ0n) is 17.0. The van der Waals surface area contributed by atoms with Crippen molar-refractivity contribution in [3.63, 3.8) is 0 Å². The molecule has 0 bridgehead atoms. The van der Waals surface area contributed by atoms with Crippen molar-refractivity contribution in [1.29, 1.82) is 0 Å². The van der Waals surface area contributed by atoms with Gasteiger partial charge in [0.2, 0.25) is 10.0 Å². The van der Waals surface area contributed by atoms with Crippen molar-refractivity contribution in [3.05, 3.63) is 65.7 Å². The van der Waals surface area contributed by atoms with Gasteiger partial charge in [-0.05, 0) is 36.6 Å². The summed E-state index contributed by atoms with van der Waals surface area (Å²) in [7, 11) is -3.93. The molecule has 0 atom stereocenters. The Balaban J connectivity index is 1.71. The van der Waals surface area contributed by atoms with Crippen LogP contribution in [-0.4, -0.2) is 13.4 Å². The first kappa shape index (κ1) is 20.6. The molecule has 3 aromatic rings. The fourth-order valence-corrected chi connectivity index (χ4v) is 4.69. The SMILES string of the molecule is Cc1nc(C2CCCCC2)c(-c2ccc(S(N)(=O)=O)c(OCc3ccccc3)c2)o1. The van der Waals surface area contributed by atoms with Crippen LogP contribution in [0.3, 0.4) is 0 Å². The Morgan fingerprint density at radius 2 is 1.83 bits per heavy atom. The summed E-state index contributed by atoms with van der Waals surface area (Å²) in [4.78, 5) is 4.61. The molecule has 1 aliphatic rings. The van der Waals surface area contributed by atoms with E-state index in [9.17, 15) is 8.42 Å². The summed E-state index contributed by atoms with van der Waals surface area (Å²) < 4.78 is 36.0. The number of primary sulfonamides is 1. The fraction of sp³-hybridized carbons (Fsp3) is 0.348. The monoisotopic (exact) mass is 426 g/mol. The molecule has 158 valence electrons. The van der Waals surface area contributed by atoms with Gasteiger partial charge in [-0.3, -0.25) is 0 Å². The van der Waals surface area contributed by atoms with Gasteiger partial charge in [0.1, 0.15) is 17.3 Å². The number of nitrogens with two attached hydrogens (primary N) is 1. The summed E-state index contributed by atoms with van der Waals surface area (Å²) in [5.74, 6) is 1.86. The van der Waals surface area contributed by atoms with Gasteiger partial charge in [-0.2, -0.15) is 0 Å². The van der Waals surface area contributed by atoms with Crippen LogP contribution >= 0.6 is 0 Å². The highest BCUT2D eigenvalue weighted by molar-refractivity contribution is 7.89. The van der Waals surface area contributed by atoms with Crippen LogP contribution in [-0.2, 0) is 16.6 Å². The zero-order valence-corrected chi connectivity index (χ0v) is 17.8. The molecule has 6 nitrogen and oxygen atoms in total. The number of aromatic nitrogens is 1. The molecule has 0 aliphatic heterocycles. The topological polar surface area (TPSA) is 95.4 Å². The molecule has 4 rings (SSSR count). The number of aryl methyl sites for hydroxylation is 1. The Kier molecular flexibility index (Phi) is 5.92. The maximum Gasteiger partial charge on any atom is 0.241 e. The van der Waals surface area contributed by atoms with E-state index >= 15 is 0 Å². The first-order chi connectivity index (χ1) is 14.4. The number of oxazole rings is 1. The number of nitrogens with zero attached hydrogens (tertiary/aromatic N) is 1. The van der Waals surface area contributed by atoms with Gasteiger partial charge in [-0.1, -0.05) is 49.6 Å². The maximum atomic E-state index is 12.1. The molecule has 1 heterocycles. The van der Waals surface area contributed by atoms with E-state index in [1.807, 2.05) is 37.3 Å². The summed E-state index contributed by atoms with van der Waals surface area (Å²) in [6, 6.07) is 14.4. The van der Waals surface area contributed by atoms with Crippen LogP contribution in [0.1, 0.15) is 55.2 Å². The number of benzene rings is 2. The molecule has 0 saturated heterocycles. The van der Waals surface area contributed by atoms with Gasteiger partial charge in [0.15, 0.2) is 11.7 Å². The van der Waals surface area contributed by atoms with Crippen LogP contribution in [0, 0.1) is 6.92 Å². The second kappa shape index (κ2) is 8.62. The summed E-state index contributed by atoms with van der Waals surface area (Å²) in [5.41, 5.74) is 2.62. The van der Waals surface area contributed by atoms with E-state index in [1.165, 1.54) is 25.3 Å². The number of ether oxygens (including phenoxy) is 1. The minimum Gasteiger partial charge on any atom is -0.487 e. The summed E-state index contributed by atoms with van der Waals surface area (Å²) in [6.07, 6.45) is 5.80. The number of hydrogen-bond donors (Lipinski definition) is 1. The highest BCUT2D eigenvalue weighted by Gasteiger charge is 2.25. The van der Waals surface area contributed by atoms with Gasteiger partial charge in [0, 0.05) is 18.4 Å². The molecule has 2 N–H and O–H groups in total. The van der Waals surface area contributed by atoms with Gasteiger partial charge in [0.25, 0.3) is 0 Å². The maximum absolute atomic E-state index is 12.1. The minimum atomic E-state index is -3.93. The highest BCUT2D eigenvalue weighted by Crippen LogP contribution is 2.39. The van der Waals surface area contributed by atoms with Gasteiger partial charge in [-0.15, -0.1) is 0 Å². The zero-order chi connectivity index (χ0) is 21.1. The summed E-state index contributed by atoms with van der Waals surface area (Å²) in [5, 5.41) is 5.42. The average Bonchev–Trinajstić information content (AvgIpc) is 3.14. The predicted molar refractivity (Wildman–Crippen MR) is 115 cm³/mol. The molecule has 0 radical (unpaired) electrons. The lowest BCUT2D eigenvalue weighted by atomic mass is 9.85. The molecular weight excluding hydrogens is 400 g/mol. The Morgan fingerprint density at radius 1 is 1.10 bits per heavy atom. The third-order valence-electron chi connectivity index (χ3n) is 5.50. The number of sulfonamides is 1. The normalized spacial score (nSPS) is 15.3. The van der Waals surface area contributed by atoms with Crippen molar-refractivity contribution in [2.24, 2.45) is 5.14 Å². The van der Waals surface area contributed by atoms with Gasteiger partial charge >= 0.3 is 0 Å². The van der Waals surface area contributed by atoms with Gasteiger partial charge in [0.05, 0.1) is 5.69 Å². The molecule has 1 aliphatic carbocycles. The predicted octanol–water partition coefficient (Wildman–Crippen LogP) is 4.92. The van der Waals surface area contributed by atoms with Crippen molar-refractivity contribution < 1.29 is 17.6 Å². The van der Waals surface area contributed by atoms with Crippen LogP contribution in [0.15, 0.2) is 57.8 Å². The second-order valence-corrected chi connectivity index (χ2v) is 9.29. The fourth-order valence-electron chi connectivity index (χ4n) is 4.04. The molecule has 7 heteroatoms. The largest absolute Gasteiger partial charge is 0.487 e. The van der Waals surface area contributed by atoms with Crippen LogP contribution in [0.25, 0.3) is 11.3 Å². The Labute approximate surface area is 177 Å². The smallest absolute Gasteiger partial charge is 0.241 e. The van der Waals surface area contributed by atoms with E-state index in [4.69, 9.17) is 14.3 Å². The van der Waals surface area contributed by atoms with Crippen LogP contribution in [0.4, 0.5) is 0 Å². The molecule has 0 amide bonds. The van der Waals surface area contributed by atoms with E-state index in [0.717, 1.165) is 29.7 Å². The average molecular weight is 427 g/mol. The first-order valence-corrected chi connectivity index (χ1v) is 11.8. The molecule has 2 aromatic carbocycles. The lowest BCUT2D eigenvalue weighted by Gasteiger charge is -2.20. The molecule has 1 saturated carbocycles. The van der Waals surface area contributed by atoms with E-state index in [0.29, 0.717) is 17.6 Å². The third kappa shape index (κ3) is 4.57. The van der Waals surface area contributed by atoms with Gasteiger partial charge < -0.3 is 9.15 Å². The Bertz CT molecular complexity index is 1120. The minimum absolute atomic E-state index is 0.0439. The van der Waals surface area contributed by atoms with Crippen molar-refractivity contribution in [1.82, 2.24) is 4.98 Å². The quantitative estimate of drug-likeness (QED) is 0.603. The van der Waals surface area contributed by atoms with Crippen LogP contribution in [0.2, 0.25) is 0 Å². The van der Waals surface area contributed by atoms with Crippen LogP contribution in [0.5, 0.6) is 5.75 Å². The van der Waals surface area contributed by atoms with E-state index < -0.39 is 10.0 Å². The second-order valence-electron chi connectivity index (χ2n) is 7.76. The van der Waals surface area contributed by atoms with E-state index in [-0.39, 0.29) is 17.3 Å². The number of rotatable bonds is 6. The lowest BCUT2D eigenvalue weighted by Crippen LogP contribution is -2.14. The summed E-state index contributed by atoms with van der Waals surface area (Å²) >= 11 is 0. The molecule has 1 fully saturated rings. The molecule has 0 spiro atoms. The molecule has 30 heavy (non-hydrogen) atoms.